The van der Waals surface area contributed by atoms with Crippen molar-refractivity contribution in [2.24, 2.45) is 0 Å². The van der Waals surface area contributed by atoms with Crippen molar-refractivity contribution < 1.29 is 19.4 Å². The number of hydrogen-bond donors (Lipinski definition) is 3. The highest BCUT2D eigenvalue weighted by atomic mass is 127. The second kappa shape index (κ2) is 9.59. The Balaban J connectivity index is 0.00000232. The van der Waals surface area contributed by atoms with Crippen LogP contribution in [0.2, 0.25) is 0 Å². The maximum atomic E-state index is 11.7. The number of aliphatic carboxylic acids is 1. The Morgan fingerprint density at radius 2 is 1.91 bits per heavy atom. The molecule has 0 radical (unpaired) electrons. The number of benzene rings is 1. The van der Waals surface area contributed by atoms with Gasteiger partial charge in [0.2, 0.25) is 0 Å². The van der Waals surface area contributed by atoms with E-state index in [1.807, 2.05) is 13.8 Å². The summed E-state index contributed by atoms with van der Waals surface area (Å²) in [5.41, 5.74) is 6.44. The average Bonchev–Trinajstić information content (AvgIpc) is 2.42. The molecule has 0 saturated heterocycles. The molecule has 0 bridgehead atoms. The number of halogens is 1. The second-order valence-corrected chi connectivity index (χ2v) is 6.76. The molecule has 0 fully saturated rings. The van der Waals surface area contributed by atoms with E-state index in [1.54, 1.807) is 39.0 Å². The number of carbonyl (C=O) groups is 2. The van der Waals surface area contributed by atoms with Gasteiger partial charge in [0, 0.05) is 15.7 Å². The van der Waals surface area contributed by atoms with E-state index in [0.717, 1.165) is 9.13 Å². The van der Waals surface area contributed by atoms with Crippen molar-refractivity contribution in [1.29, 1.82) is 0 Å². The quantitative estimate of drug-likeness (QED) is 0.496. The van der Waals surface area contributed by atoms with E-state index in [-0.39, 0.29) is 6.42 Å². The summed E-state index contributed by atoms with van der Waals surface area (Å²) in [6.07, 6.45) is -0.592. The standard InChI is InChI=1S/C14H19IN2O4.C2H6/c1-14(2,3)21-13(20)17-11(12(18)19)7-8-4-5-10(16)9(15)6-8;1-2/h4-6,11H,7,16H2,1-3H3,(H,17,20)(H,18,19);1-2H3/t11-;/m1./s1. The van der Waals surface area contributed by atoms with Crippen LogP contribution >= 0.6 is 22.6 Å². The van der Waals surface area contributed by atoms with Gasteiger partial charge >= 0.3 is 12.1 Å². The smallest absolute Gasteiger partial charge is 0.408 e. The number of carboxylic acid groups (broad SMARTS) is 1. The number of nitrogens with two attached hydrogens (primary N) is 1. The molecular formula is C16H25IN2O4. The minimum Gasteiger partial charge on any atom is -0.480 e. The van der Waals surface area contributed by atoms with Crippen LogP contribution in [0.5, 0.6) is 0 Å². The fourth-order valence-corrected chi connectivity index (χ4v) is 2.16. The van der Waals surface area contributed by atoms with Crippen LogP contribution in [0.25, 0.3) is 0 Å². The summed E-state index contributed by atoms with van der Waals surface area (Å²) in [6.45, 7) is 9.14. The first-order chi connectivity index (χ1) is 10.6. The molecule has 0 saturated carbocycles. The number of carbonyl (C=O) groups excluding carboxylic acids is 1. The van der Waals surface area contributed by atoms with Crippen LogP contribution in [-0.2, 0) is 16.0 Å². The summed E-state index contributed by atoms with van der Waals surface area (Å²) in [6, 6.07) is 4.19. The predicted octanol–water partition coefficient (Wildman–Crippen LogP) is 3.42. The van der Waals surface area contributed by atoms with Crippen molar-refractivity contribution in [2.45, 2.75) is 52.7 Å². The third-order valence-electron chi connectivity index (χ3n) is 2.49. The van der Waals surface area contributed by atoms with Crippen LogP contribution in [0, 0.1) is 3.57 Å². The van der Waals surface area contributed by atoms with Crippen molar-refractivity contribution in [3.8, 4) is 0 Å². The number of alkyl carbamates (subject to hydrolysis) is 1. The van der Waals surface area contributed by atoms with Crippen LogP contribution in [0.1, 0.15) is 40.2 Å². The first-order valence-corrected chi connectivity index (χ1v) is 8.42. The molecule has 23 heavy (non-hydrogen) atoms. The average molecular weight is 436 g/mol. The van der Waals surface area contributed by atoms with Crippen LogP contribution in [0.15, 0.2) is 18.2 Å². The molecule has 0 aliphatic heterocycles. The highest BCUT2D eigenvalue weighted by Crippen LogP contribution is 2.17. The van der Waals surface area contributed by atoms with Gasteiger partial charge in [-0.1, -0.05) is 19.9 Å². The van der Waals surface area contributed by atoms with Crippen molar-refractivity contribution in [2.75, 3.05) is 5.73 Å². The van der Waals surface area contributed by atoms with E-state index in [4.69, 9.17) is 10.5 Å². The molecule has 1 aromatic rings. The van der Waals surface area contributed by atoms with Gasteiger partial charge in [0.05, 0.1) is 0 Å². The lowest BCUT2D eigenvalue weighted by atomic mass is 10.1. The number of anilines is 1. The molecule has 4 N–H and O–H groups in total. The Morgan fingerprint density at radius 3 is 2.35 bits per heavy atom. The fraction of sp³-hybridized carbons (Fsp3) is 0.500. The zero-order chi connectivity index (χ0) is 18.2. The summed E-state index contributed by atoms with van der Waals surface area (Å²) in [5.74, 6) is -1.12. The van der Waals surface area contributed by atoms with E-state index in [9.17, 15) is 14.7 Å². The van der Waals surface area contributed by atoms with Crippen molar-refractivity contribution in [3.63, 3.8) is 0 Å². The van der Waals surface area contributed by atoms with Crippen molar-refractivity contribution in [1.82, 2.24) is 5.32 Å². The number of carboxylic acids is 1. The molecule has 1 rings (SSSR count). The first-order valence-electron chi connectivity index (χ1n) is 7.34. The zero-order valence-electron chi connectivity index (χ0n) is 14.1. The summed E-state index contributed by atoms with van der Waals surface area (Å²) in [7, 11) is 0. The molecule has 6 nitrogen and oxygen atoms in total. The van der Waals surface area contributed by atoms with E-state index in [1.165, 1.54) is 0 Å². The Bertz CT molecular complexity index is 541. The minimum atomic E-state index is -1.12. The maximum absolute atomic E-state index is 11.7. The topological polar surface area (TPSA) is 102 Å². The van der Waals surface area contributed by atoms with Crippen LogP contribution < -0.4 is 11.1 Å². The van der Waals surface area contributed by atoms with Crippen LogP contribution in [0.4, 0.5) is 10.5 Å². The number of amides is 1. The molecule has 1 atom stereocenters. The van der Waals surface area contributed by atoms with Gasteiger partial charge in [-0.05, 0) is 61.1 Å². The molecule has 1 amide bonds. The van der Waals surface area contributed by atoms with E-state index < -0.39 is 23.7 Å². The molecule has 7 heteroatoms. The van der Waals surface area contributed by atoms with Crippen molar-refractivity contribution >= 4 is 40.3 Å². The lowest BCUT2D eigenvalue weighted by molar-refractivity contribution is -0.139. The molecule has 0 unspecified atom stereocenters. The Hall–Kier alpha value is -1.51. The molecule has 1 aromatic carbocycles. The largest absolute Gasteiger partial charge is 0.480 e. The summed E-state index contributed by atoms with van der Waals surface area (Å²) >= 11 is 2.07. The number of ether oxygens (including phenoxy) is 1. The Morgan fingerprint density at radius 1 is 1.35 bits per heavy atom. The highest BCUT2D eigenvalue weighted by Gasteiger charge is 2.24. The first kappa shape index (κ1) is 21.5. The summed E-state index contributed by atoms with van der Waals surface area (Å²) in [5, 5.41) is 11.6. The van der Waals surface area contributed by atoms with Gasteiger partial charge in [-0.2, -0.15) is 0 Å². The molecule has 0 spiro atoms. The maximum Gasteiger partial charge on any atom is 0.408 e. The molecule has 0 aromatic heterocycles. The SMILES string of the molecule is CC.CC(C)(C)OC(=O)N[C@H](Cc1ccc(N)c(I)c1)C(=O)O. The van der Waals surface area contributed by atoms with Crippen LogP contribution in [0.3, 0.4) is 0 Å². The number of nitrogens with one attached hydrogen (secondary N) is 1. The van der Waals surface area contributed by atoms with Crippen LogP contribution in [-0.4, -0.2) is 28.8 Å². The summed E-state index contributed by atoms with van der Waals surface area (Å²) in [4.78, 5) is 22.9. The minimum absolute atomic E-state index is 0.158. The van der Waals surface area contributed by atoms with Crippen molar-refractivity contribution in [3.05, 3.63) is 27.3 Å². The number of hydrogen-bond acceptors (Lipinski definition) is 4. The Labute approximate surface area is 150 Å². The molecule has 0 aliphatic carbocycles. The number of nitrogen functional groups attached to an aromatic ring is 1. The van der Waals surface area contributed by atoms with Gasteiger partial charge in [0.1, 0.15) is 11.6 Å². The second-order valence-electron chi connectivity index (χ2n) is 5.60. The normalized spacial score (nSPS) is 11.7. The van der Waals surface area contributed by atoms with Gasteiger partial charge in [0.25, 0.3) is 0 Å². The lowest BCUT2D eigenvalue weighted by Gasteiger charge is -2.22. The third kappa shape index (κ3) is 8.63. The molecular weight excluding hydrogens is 411 g/mol. The van der Waals surface area contributed by atoms with Gasteiger partial charge in [-0.3, -0.25) is 0 Å². The van der Waals surface area contributed by atoms with Gasteiger partial charge < -0.3 is 20.9 Å². The number of rotatable bonds is 4. The summed E-state index contributed by atoms with van der Waals surface area (Å²) < 4.78 is 5.90. The van der Waals surface area contributed by atoms with E-state index >= 15 is 0 Å². The molecule has 0 heterocycles. The third-order valence-corrected chi connectivity index (χ3v) is 3.43. The molecule has 130 valence electrons. The highest BCUT2D eigenvalue weighted by molar-refractivity contribution is 14.1. The predicted molar refractivity (Wildman–Crippen MR) is 99.4 cm³/mol. The van der Waals surface area contributed by atoms with Gasteiger partial charge in [0.15, 0.2) is 0 Å². The van der Waals surface area contributed by atoms with E-state index in [2.05, 4.69) is 27.9 Å². The zero-order valence-corrected chi connectivity index (χ0v) is 16.3. The molecule has 0 aliphatic rings. The van der Waals surface area contributed by atoms with E-state index in [0.29, 0.717) is 5.69 Å². The lowest BCUT2D eigenvalue weighted by Crippen LogP contribution is -2.44. The Kier molecular flexibility index (Phi) is 8.96. The van der Waals surface area contributed by atoms with Gasteiger partial charge in [-0.15, -0.1) is 0 Å². The fourth-order valence-electron chi connectivity index (χ4n) is 1.58. The monoisotopic (exact) mass is 436 g/mol. The van der Waals surface area contributed by atoms with Gasteiger partial charge in [-0.25, -0.2) is 9.59 Å².